The molecule has 2 unspecified atom stereocenters. The van der Waals surface area contributed by atoms with Crippen LogP contribution in [-0.4, -0.2) is 16.2 Å². The van der Waals surface area contributed by atoms with E-state index in [0.717, 1.165) is 18.6 Å². The molecule has 1 heterocycles. The van der Waals surface area contributed by atoms with Crippen molar-refractivity contribution in [1.82, 2.24) is 0 Å². The number of allylic oxidation sites excluding steroid dienone is 1. The van der Waals surface area contributed by atoms with E-state index in [9.17, 15) is 4.79 Å². The molecule has 1 fully saturated rings. The smallest absolute Gasteiger partial charge is 0.187 e. The number of hydrogen-bond acceptors (Lipinski definition) is 2. The van der Waals surface area contributed by atoms with Crippen LogP contribution in [0.5, 0.6) is 5.75 Å². The van der Waals surface area contributed by atoms with Crippen molar-refractivity contribution >= 4 is 21.7 Å². The van der Waals surface area contributed by atoms with E-state index in [2.05, 4.69) is 28.1 Å². The highest BCUT2D eigenvalue weighted by atomic mass is 79.9. The van der Waals surface area contributed by atoms with Gasteiger partial charge in [0.1, 0.15) is 16.2 Å². The van der Waals surface area contributed by atoms with Crippen molar-refractivity contribution < 1.29 is 9.53 Å². The largest absolute Gasteiger partial charge is 0.487 e. The molecule has 0 amide bonds. The molecule has 2 nitrogen and oxygen atoms in total. The van der Waals surface area contributed by atoms with Crippen molar-refractivity contribution in [3.8, 4) is 5.75 Å². The summed E-state index contributed by atoms with van der Waals surface area (Å²) in [7, 11) is 0. The molecular formula is C15H13BrO2. The zero-order valence-corrected chi connectivity index (χ0v) is 11.4. The first-order valence-corrected chi connectivity index (χ1v) is 7.18. The molecule has 0 N–H and O–H groups in total. The van der Waals surface area contributed by atoms with Gasteiger partial charge in [-0.1, -0.05) is 40.2 Å². The van der Waals surface area contributed by atoms with Crippen LogP contribution in [0.2, 0.25) is 0 Å². The van der Waals surface area contributed by atoms with Gasteiger partial charge in [0.05, 0.1) is 5.56 Å². The molecule has 1 aromatic carbocycles. The summed E-state index contributed by atoms with van der Waals surface area (Å²) in [5.74, 6) is 1.54. The van der Waals surface area contributed by atoms with Crippen LogP contribution in [0.25, 0.3) is 0 Å². The number of carbonyl (C=O) groups is 1. The Morgan fingerprint density at radius 1 is 1.22 bits per heavy atom. The third-order valence-corrected chi connectivity index (χ3v) is 5.88. The van der Waals surface area contributed by atoms with E-state index in [1.165, 1.54) is 0 Å². The van der Waals surface area contributed by atoms with Crippen molar-refractivity contribution in [2.75, 3.05) is 0 Å². The van der Waals surface area contributed by atoms with Gasteiger partial charge in [0, 0.05) is 11.8 Å². The fraction of sp³-hybridized carbons (Fsp3) is 0.400. The van der Waals surface area contributed by atoms with Crippen LogP contribution in [0, 0.1) is 11.8 Å². The van der Waals surface area contributed by atoms with E-state index in [1.54, 1.807) is 0 Å². The van der Waals surface area contributed by atoms with Gasteiger partial charge in [0.2, 0.25) is 0 Å². The van der Waals surface area contributed by atoms with Crippen LogP contribution in [0.15, 0.2) is 36.4 Å². The molecule has 3 aliphatic carbocycles. The first-order chi connectivity index (χ1) is 8.71. The summed E-state index contributed by atoms with van der Waals surface area (Å²) in [4.78, 5) is 12.8. The van der Waals surface area contributed by atoms with Crippen LogP contribution < -0.4 is 4.74 Å². The van der Waals surface area contributed by atoms with Crippen molar-refractivity contribution in [2.24, 2.45) is 11.8 Å². The average Bonchev–Trinajstić information content (AvgIpc) is 2.42. The van der Waals surface area contributed by atoms with Gasteiger partial charge in [-0.25, -0.2) is 0 Å². The molecule has 2 bridgehead atoms. The average molecular weight is 305 g/mol. The van der Waals surface area contributed by atoms with Gasteiger partial charge in [-0.2, -0.15) is 0 Å². The minimum Gasteiger partial charge on any atom is -0.487 e. The van der Waals surface area contributed by atoms with Crippen LogP contribution >= 0.6 is 15.9 Å². The third-order valence-electron chi connectivity index (χ3n) is 4.48. The minimum atomic E-state index is -0.543. The van der Waals surface area contributed by atoms with Crippen molar-refractivity contribution in [3.63, 3.8) is 0 Å². The fourth-order valence-corrected chi connectivity index (χ4v) is 4.57. The lowest BCUT2D eigenvalue weighted by Gasteiger charge is -2.51. The molecule has 92 valence electrons. The molecule has 5 rings (SSSR count). The van der Waals surface area contributed by atoms with E-state index in [-0.39, 0.29) is 17.8 Å². The van der Waals surface area contributed by atoms with E-state index in [0.29, 0.717) is 11.5 Å². The van der Waals surface area contributed by atoms with E-state index < -0.39 is 4.32 Å². The first-order valence-electron chi connectivity index (χ1n) is 6.39. The monoisotopic (exact) mass is 304 g/mol. The second-order valence-electron chi connectivity index (χ2n) is 5.36. The summed E-state index contributed by atoms with van der Waals surface area (Å²) >= 11 is 3.74. The predicted octanol–water partition coefficient (Wildman–Crippen LogP) is 3.36. The van der Waals surface area contributed by atoms with Crippen molar-refractivity contribution in [1.29, 1.82) is 0 Å². The first kappa shape index (κ1) is 10.8. The molecule has 0 aromatic heterocycles. The summed E-state index contributed by atoms with van der Waals surface area (Å²) in [6.45, 7) is 0. The number of ether oxygens (including phenoxy) is 1. The highest BCUT2D eigenvalue weighted by Gasteiger charge is 2.59. The molecular weight excluding hydrogens is 292 g/mol. The normalized spacial score (nSPS) is 40.1. The van der Waals surface area contributed by atoms with Gasteiger partial charge in [0.25, 0.3) is 0 Å². The molecule has 1 saturated carbocycles. The van der Waals surface area contributed by atoms with Crippen LogP contribution in [-0.2, 0) is 0 Å². The maximum Gasteiger partial charge on any atom is 0.187 e. The predicted molar refractivity (Wildman–Crippen MR) is 72.2 cm³/mol. The molecule has 0 saturated heterocycles. The topological polar surface area (TPSA) is 26.3 Å². The highest BCUT2D eigenvalue weighted by molar-refractivity contribution is 9.10. The Bertz CT molecular complexity index is 565. The lowest BCUT2D eigenvalue weighted by molar-refractivity contribution is 0.0322. The minimum absolute atomic E-state index is 0.0522. The number of rotatable bonds is 0. The fourth-order valence-electron chi connectivity index (χ4n) is 3.54. The second-order valence-corrected chi connectivity index (χ2v) is 6.68. The standard InChI is InChI=1S/C15H13BrO2/c16-15-10-7-5-9(6-8-10)14(15)18-12-4-2-1-3-11(12)13(15)17/h1-5,7,9-10,14H,6,8H2/t9-,10+,14?,15?/m1/s1. The number of Topliss-reactive ketones (excluding diaryl/α,β-unsaturated/α-hetero) is 1. The van der Waals surface area contributed by atoms with Crippen molar-refractivity contribution in [3.05, 3.63) is 42.0 Å². The second kappa shape index (κ2) is 3.47. The molecule has 0 radical (unpaired) electrons. The maximum absolute atomic E-state index is 12.8. The zero-order valence-electron chi connectivity index (χ0n) is 9.80. The van der Waals surface area contributed by atoms with Gasteiger partial charge in [-0.3, -0.25) is 4.79 Å². The Balaban J connectivity index is 1.91. The lowest BCUT2D eigenvalue weighted by atomic mass is 9.63. The summed E-state index contributed by atoms with van der Waals surface area (Å²) < 4.78 is 5.58. The molecule has 4 atom stereocenters. The molecule has 0 spiro atoms. The number of hydrogen-bond donors (Lipinski definition) is 0. The number of halogens is 1. The molecule has 1 aromatic rings. The third kappa shape index (κ3) is 1.16. The number of benzene rings is 1. The quantitative estimate of drug-likeness (QED) is 0.543. The van der Waals surface area contributed by atoms with Gasteiger partial charge in [0.15, 0.2) is 5.78 Å². The molecule has 18 heavy (non-hydrogen) atoms. The van der Waals surface area contributed by atoms with E-state index >= 15 is 0 Å². The van der Waals surface area contributed by atoms with Crippen LogP contribution in [0.1, 0.15) is 23.2 Å². The Hall–Kier alpha value is -1.09. The Kier molecular flexibility index (Phi) is 2.08. The van der Waals surface area contributed by atoms with Gasteiger partial charge in [-0.05, 0) is 25.0 Å². The lowest BCUT2D eigenvalue weighted by Crippen LogP contribution is -2.61. The van der Waals surface area contributed by atoms with Gasteiger partial charge in [-0.15, -0.1) is 0 Å². The number of fused-ring (bicyclic) bond motifs is 2. The number of carbonyl (C=O) groups excluding carboxylic acids is 1. The van der Waals surface area contributed by atoms with E-state index in [4.69, 9.17) is 4.74 Å². The number of para-hydroxylation sites is 1. The number of alkyl halides is 1. The molecule has 3 heteroatoms. The van der Waals surface area contributed by atoms with Crippen molar-refractivity contribution in [2.45, 2.75) is 23.3 Å². The molecule has 4 aliphatic rings. The summed E-state index contributed by atoms with van der Waals surface area (Å²) in [5, 5.41) is 0. The molecule has 1 aliphatic heterocycles. The maximum atomic E-state index is 12.8. The van der Waals surface area contributed by atoms with Gasteiger partial charge >= 0.3 is 0 Å². The summed E-state index contributed by atoms with van der Waals surface area (Å²) in [5.41, 5.74) is 0.714. The van der Waals surface area contributed by atoms with Crippen LogP contribution in [0.4, 0.5) is 0 Å². The van der Waals surface area contributed by atoms with E-state index in [1.807, 2.05) is 24.3 Å². The number of ketones is 1. The Morgan fingerprint density at radius 2 is 2.06 bits per heavy atom. The zero-order chi connectivity index (χ0) is 12.3. The van der Waals surface area contributed by atoms with Gasteiger partial charge < -0.3 is 4.74 Å². The van der Waals surface area contributed by atoms with Crippen LogP contribution in [0.3, 0.4) is 0 Å². The summed E-state index contributed by atoms with van der Waals surface area (Å²) in [6.07, 6.45) is 6.55. The Labute approximate surface area is 114 Å². The summed E-state index contributed by atoms with van der Waals surface area (Å²) in [6, 6.07) is 7.58. The Morgan fingerprint density at radius 3 is 2.83 bits per heavy atom. The highest BCUT2D eigenvalue weighted by Crippen LogP contribution is 2.54. The SMILES string of the molecule is O=C1c2ccccc2OC2[C@@H]3C=C[C@@H](CC3)C12Br.